The van der Waals surface area contributed by atoms with Gasteiger partial charge < -0.3 is 4.48 Å². The summed E-state index contributed by atoms with van der Waals surface area (Å²) in [5.74, 6) is 0. The van der Waals surface area contributed by atoms with Crippen molar-refractivity contribution in [1.29, 1.82) is 0 Å². The van der Waals surface area contributed by atoms with Crippen LogP contribution in [0, 0.1) is 0 Å². The number of hydrogen-bond donors (Lipinski definition) is 0. The SMILES string of the molecule is CC1(C)c2ccccc2-c2ccc3c4ccccc4n(B4c5ccccc5C5(C)c6ccccc6-c6cccc4c65)c3c21. The van der Waals surface area contributed by atoms with Crippen LogP contribution in [-0.4, -0.2) is 11.3 Å². The lowest BCUT2D eigenvalue weighted by Gasteiger charge is -2.39. The van der Waals surface area contributed by atoms with Crippen LogP contribution in [0.25, 0.3) is 44.1 Å². The molecule has 1 aliphatic heterocycles. The molecular weight excluding hydrogens is 517 g/mol. The molecule has 1 nitrogen and oxygen atoms in total. The van der Waals surface area contributed by atoms with Gasteiger partial charge in [0.2, 0.25) is 0 Å². The molecule has 1 unspecified atom stereocenters. The fourth-order valence-corrected chi connectivity index (χ4v) is 9.40. The molecule has 0 saturated carbocycles. The summed E-state index contributed by atoms with van der Waals surface area (Å²) in [6.45, 7) is 7.35. The third-order valence-electron chi connectivity index (χ3n) is 11.1. The number of benzene rings is 6. The minimum absolute atomic E-state index is 0.0574. The summed E-state index contributed by atoms with van der Waals surface area (Å²) in [7, 11) is 0. The van der Waals surface area contributed by atoms with Crippen molar-refractivity contribution in [3.63, 3.8) is 0 Å². The fraction of sp³-hybridized carbons (Fsp3) is 0.122. The molecule has 2 aliphatic carbocycles. The first kappa shape index (κ1) is 23.7. The molecule has 0 N–H and O–H groups in total. The number of rotatable bonds is 1. The smallest absolute Gasteiger partial charge is 0.328 e. The van der Waals surface area contributed by atoms with Gasteiger partial charge in [0.05, 0.1) is 0 Å². The Bertz CT molecular complexity index is 2350. The van der Waals surface area contributed by atoms with E-state index in [1.54, 1.807) is 0 Å². The van der Waals surface area contributed by atoms with E-state index in [-0.39, 0.29) is 17.7 Å². The Kier molecular flexibility index (Phi) is 4.28. The van der Waals surface area contributed by atoms with Crippen molar-refractivity contribution in [3.8, 4) is 22.3 Å². The van der Waals surface area contributed by atoms with Gasteiger partial charge in [-0.3, -0.25) is 0 Å². The highest BCUT2D eigenvalue weighted by Gasteiger charge is 2.50. The van der Waals surface area contributed by atoms with Crippen molar-refractivity contribution < 1.29 is 0 Å². The molecule has 1 aromatic heterocycles. The minimum atomic E-state index is -0.189. The molecule has 43 heavy (non-hydrogen) atoms. The Morgan fingerprint density at radius 2 is 1.07 bits per heavy atom. The zero-order valence-corrected chi connectivity index (χ0v) is 24.6. The van der Waals surface area contributed by atoms with Crippen molar-refractivity contribution in [2.45, 2.75) is 31.6 Å². The summed E-state index contributed by atoms with van der Waals surface area (Å²) in [6, 6.07) is 48.2. The second-order valence-corrected chi connectivity index (χ2v) is 13.4. The molecule has 1 atom stereocenters. The Labute approximate surface area is 252 Å². The van der Waals surface area contributed by atoms with Crippen LogP contribution >= 0.6 is 0 Å². The Balaban J connectivity index is 1.40. The van der Waals surface area contributed by atoms with Gasteiger partial charge in [0.15, 0.2) is 0 Å². The van der Waals surface area contributed by atoms with Gasteiger partial charge in [0.1, 0.15) is 0 Å². The third kappa shape index (κ3) is 2.63. The van der Waals surface area contributed by atoms with Crippen LogP contribution in [-0.2, 0) is 10.8 Å². The monoisotopic (exact) mass is 547 g/mol. The highest BCUT2D eigenvalue weighted by molar-refractivity contribution is 6.86. The molecule has 202 valence electrons. The van der Waals surface area contributed by atoms with Gasteiger partial charge in [0.25, 0.3) is 0 Å². The molecule has 0 radical (unpaired) electrons. The largest absolute Gasteiger partial charge is 0.376 e. The van der Waals surface area contributed by atoms with Crippen LogP contribution < -0.4 is 10.9 Å². The summed E-state index contributed by atoms with van der Waals surface area (Å²) in [5.41, 5.74) is 17.9. The molecule has 7 aromatic rings. The number of nitrogens with zero attached hydrogens (tertiary/aromatic N) is 1. The third-order valence-corrected chi connectivity index (χ3v) is 11.1. The van der Waals surface area contributed by atoms with E-state index in [1.807, 2.05) is 0 Å². The van der Waals surface area contributed by atoms with Crippen LogP contribution in [0.4, 0.5) is 0 Å². The molecule has 2 heteroatoms. The van der Waals surface area contributed by atoms with E-state index >= 15 is 0 Å². The summed E-state index contributed by atoms with van der Waals surface area (Å²) in [4.78, 5) is 0. The van der Waals surface area contributed by atoms with E-state index < -0.39 is 0 Å². The van der Waals surface area contributed by atoms with Gasteiger partial charge >= 0.3 is 6.85 Å². The predicted molar refractivity (Wildman–Crippen MR) is 181 cm³/mol. The van der Waals surface area contributed by atoms with Crippen molar-refractivity contribution in [3.05, 3.63) is 155 Å². The second kappa shape index (κ2) is 7.76. The van der Waals surface area contributed by atoms with Crippen molar-refractivity contribution in [2.75, 3.05) is 0 Å². The predicted octanol–water partition coefficient (Wildman–Crippen LogP) is 8.40. The van der Waals surface area contributed by atoms with Crippen LogP contribution in [0.3, 0.4) is 0 Å². The number of hydrogen-bond acceptors (Lipinski definition) is 0. The summed E-state index contributed by atoms with van der Waals surface area (Å²) < 4.78 is 2.72. The highest BCUT2D eigenvalue weighted by Crippen LogP contribution is 2.55. The maximum absolute atomic E-state index is 2.72. The summed E-state index contributed by atoms with van der Waals surface area (Å²) >= 11 is 0. The second-order valence-electron chi connectivity index (χ2n) is 13.4. The van der Waals surface area contributed by atoms with Crippen LogP contribution in [0.5, 0.6) is 0 Å². The van der Waals surface area contributed by atoms with Gasteiger partial charge in [-0.25, -0.2) is 0 Å². The van der Waals surface area contributed by atoms with E-state index in [1.165, 1.54) is 82.8 Å². The summed E-state index contributed by atoms with van der Waals surface area (Å²) in [6.07, 6.45) is 0. The maximum atomic E-state index is 2.72. The molecule has 10 rings (SSSR count). The van der Waals surface area contributed by atoms with Gasteiger partial charge in [-0.1, -0.05) is 135 Å². The zero-order chi connectivity index (χ0) is 28.7. The Morgan fingerprint density at radius 1 is 0.465 bits per heavy atom. The topological polar surface area (TPSA) is 4.93 Å². The Hall–Kier alpha value is -4.82. The lowest BCUT2D eigenvalue weighted by atomic mass is 9.41. The van der Waals surface area contributed by atoms with Crippen molar-refractivity contribution in [2.24, 2.45) is 0 Å². The molecule has 3 aliphatic rings. The molecular formula is C41H30BN. The lowest BCUT2D eigenvalue weighted by molar-refractivity contribution is 0.664. The first-order valence-corrected chi connectivity index (χ1v) is 15.5. The molecule has 2 heterocycles. The van der Waals surface area contributed by atoms with Gasteiger partial charge in [-0.15, -0.1) is 0 Å². The normalized spacial score (nSPS) is 18.3. The number of para-hydroxylation sites is 1. The van der Waals surface area contributed by atoms with E-state index in [0.717, 1.165) is 0 Å². The molecule has 0 spiro atoms. The van der Waals surface area contributed by atoms with Crippen LogP contribution in [0.2, 0.25) is 0 Å². The molecule has 0 saturated heterocycles. The van der Waals surface area contributed by atoms with E-state index in [0.29, 0.717) is 0 Å². The van der Waals surface area contributed by atoms with Crippen molar-refractivity contribution in [1.82, 2.24) is 4.48 Å². The van der Waals surface area contributed by atoms with E-state index in [9.17, 15) is 0 Å². The van der Waals surface area contributed by atoms with Gasteiger partial charge in [-0.05, 0) is 74.0 Å². The molecule has 0 fully saturated rings. The standard InChI is InChI=1S/C41H30BN/c1-40(2)31-17-7-4-13-25(31)29-23-24-30-27-15-6-11-22-36(27)43(39(30)38(29)40)42-34-20-10-9-19-33(34)41(3)32-18-8-5-14-26(32)28-16-12-21-35(42)37(28)41/h4-24H,1-3H3. The fourth-order valence-electron chi connectivity index (χ4n) is 9.40. The molecule has 6 aromatic carbocycles. The number of fused-ring (bicyclic) bond motifs is 12. The van der Waals surface area contributed by atoms with Crippen LogP contribution in [0.15, 0.2) is 127 Å². The quantitative estimate of drug-likeness (QED) is 0.182. The summed E-state index contributed by atoms with van der Waals surface area (Å²) in [5, 5.41) is 2.67. The van der Waals surface area contributed by atoms with Gasteiger partial charge in [-0.2, -0.15) is 0 Å². The average molecular weight is 548 g/mol. The van der Waals surface area contributed by atoms with Gasteiger partial charge in [0, 0.05) is 32.6 Å². The Morgan fingerprint density at radius 3 is 1.91 bits per heavy atom. The molecule has 0 amide bonds. The average Bonchev–Trinajstić information content (AvgIpc) is 3.60. The lowest BCUT2D eigenvalue weighted by Crippen LogP contribution is -2.58. The molecule has 0 bridgehead atoms. The van der Waals surface area contributed by atoms with E-state index in [2.05, 4.69) is 153 Å². The van der Waals surface area contributed by atoms with Crippen LogP contribution in [0.1, 0.15) is 48.6 Å². The zero-order valence-electron chi connectivity index (χ0n) is 24.6. The first-order valence-electron chi connectivity index (χ1n) is 15.5. The highest BCUT2D eigenvalue weighted by atomic mass is 14.9. The maximum Gasteiger partial charge on any atom is 0.328 e. The van der Waals surface area contributed by atoms with E-state index in [4.69, 9.17) is 0 Å². The number of aromatic nitrogens is 1. The minimum Gasteiger partial charge on any atom is -0.376 e. The first-order chi connectivity index (χ1) is 21.0. The van der Waals surface area contributed by atoms with Crippen molar-refractivity contribution >= 4 is 39.6 Å².